The average Bonchev–Trinajstić information content (AvgIpc) is 3.37. The van der Waals surface area contributed by atoms with Gasteiger partial charge in [-0.1, -0.05) is 150 Å². The summed E-state index contributed by atoms with van der Waals surface area (Å²) in [5, 5.41) is 54.7. The Morgan fingerprint density at radius 3 is 1.22 bits per heavy atom. The minimum absolute atomic E-state index is 0. The van der Waals surface area contributed by atoms with Gasteiger partial charge in [0.2, 0.25) is 0 Å². The van der Waals surface area contributed by atoms with Gasteiger partial charge in [-0.05, 0) is 49.0 Å². The topological polar surface area (TPSA) is 222 Å². The predicted octanol–water partition coefficient (Wildman–Crippen LogP) is 13.5. The van der Waals surface area contributed by atoms with E-state index in [4.69, 9.17) is 10.2 Å². The zero-order chi connectivity index (χ0) is 43.7. The van der Waals surface area contributed by atoms with Gasteiger partial charge >= 0.3 is 51.2 Å². The standard InChI is InChI=1S/C26H42N6.C26H26N6.3Cu.2H2N/c2*1-3-7-23(8-4-1)25(31-29-19-21-11-15-27-16-12-21)26(24-9-5-2-6-10-24)32-30-20-22-13-17-28-18-14-22;;;;;/h19-24H,1-18H2;1-12,15,19-20,22H,13-14,16-18H2;;;;2*1H2/q2*-2;+1;2*+2;2*-1. The van der Waals surface area contributed by atoms with Crippen molar-refractivity contribution in [3.8, 4) is 0 Å². The summed E-state index contributed by atoms with van der Waals surface area (Å²) in [6.45, 7) is 6.32. The van der Waals surface area contributed by atoms with Crippen LogP contribution in [0.5, 0.6) is 0 Å². The average molecular weight is 1080 g/mol. The first-order valence-electron chi connectivity index (χ1n) is 24.3. The van der Waals surface area contributed by atoms with Crippen LogP contribution in [0.3, 0.4) is 0 Å². The first-order valence-corrected chi connectivity index (χ1v) is 24.3. The number of nitrogens with two attached hydrogens (primary N) is 2. The van der Waals surface area contributed by atoms with Crippen molar-refractivity contribution in [2.75, 3.05) is 45.8 Å². The summed E-state index contributed by atoms with van der Waals surface area (Å²) in [6, 6.07) is 20.0. The normalized spacial score (nSPS) is 21.0. The molecule has 2 aromatic carbocycles. The second kappa shape index (κ2) is 36.4. The molecule has 0 bridgehead atoms. The van der Waals surface area contributed by atoms with Gasteiger partial charge in [0.1, 0.15) is 11.4 Å². The summed E-state index contributed by atoms with van der Waals surface area (Å²) in [5.74, 6) is 2.44. The number of hydrogen-bond acceptors (Lipinski definition) is 8. The Morgan fingerprint density at radius 1 is 0.464 bits per heavy atom. The predicted molar refractivity (Wildman–Crippen MR) is 281 cm³/mol. The van der Waals surface area contributed by atoms with Crippen LogP contribution in [0.1, 0.15) is 114 Å². The van der Waals surface area contributed by atoms with Gasteiger partial charge in [-0.25, -0.2) is 0 Å². The van der Waals surface area contributed by atoms with Crippen molar-refractivity contribution in [1.29, 1.82) is 0 Å². The van der Waals surface area contributed by atoms with Crippen LogP contribution in [-0.4, -0.2) is 93.5 Å². The molecule has 8 rings (SSSR count). The summed E-state index contributed by atoms with van der Waals surface area (Å²) >= 11 is 0. The van der Waals surface area contributed by atoms with E-state index in [1.807, 2.05) is 79.0 Å². The van der Waals surface area contributed by atoms with Crippen molar-refractivity contribution in [3.63, 3.8) is 0 Å². The smallest absolute Gasteiger partial charge is 0.693 e. The maximum Gasteiger partial charge on any atom is 2.00 e. The zero-order valence-corrected chi connectivity index (χ0v) is 42.7. The van der Waals surface area contributed by atoms with Crippen LogP contribution in [0.4, 0.5) is 0 Å². The Labute approximate surface area is 444 Å². The zero-order valence-electron chi connectivity index (χ0n) is 39.9. The molecule has 0 atom stereocenters. The van der Waals surface area contributed by atoms with Gasteiger partial charge in [0.25, 0.3) is 0 Å². The van der Waals surface area contributed by atoms with Crippen molar-refractivity contribution < 1.29 is 51.2 Å². The van der Waals surface area contributed by atoms with E-state index in [2.05, 4.69) is 64.3 Å². The van der Waals surface area contributed by atoms with Gasteiger partial charge in [-0.3, -0.25) is 0 Å². The minimum Gasteiger partial charge on any atom is -0.693 e. The molecule has 2 radical (unpaired) electrons. The molecular weight excluding hydrogens is 1010 g/mol. The molecule has 384 valence electrons. The van der Waals surface area contributed by atoms with Gasteiger partial charge in [0.05, 0.1) is 17.6 Å². The molecule has 4 heterocycles. The summed E-state index contributed by atoms with van der Waals surface area (Å²) in [4.78, 5) is 0. The number of allylic oxidation sites excluding steroid dienone is 2. The van der Waals surface area contributed by atoms with Crippen LogP contribution in [0.25, 0.3) is 33.6 Å². The molecular formula is C52H72Cu3N14-. The largest absolute Gasteiger partial charge is 2.00 e. The Kier molecular flexibility index (Phi) is 32.4. The van der Waals surface area contributed by atoms with Crippen LogP contribution in [0, 0.1) is 29.6 Å². The number of nitrogens with zero attached hydrogens (tertiary/aromatic N) is 12. The molecule has 69 heavy (non-hydrogen) atoms. The molecule has 14 nitrogen and oxygen atoms in total. The van der Waals surface area contributed by atoms with Crippen molar-refractivity contribution in [1.82, 2.24) is 0 Å². The first kappa shape index (κ1) is 61.6. The molecule has 2 saturated carbocycles. The quantitative estimate of drug-likeness (QED) is 0.0978. The summed E-state index contributed by atoms with van der Waals surface area (Å²) in [5.41, 5.74) is 6.53. The molecule has 3 saturated heterocycles. The van der Waals surface area contributed by atoms with Gasteiger partial charge in [-0.2, -0.15) is 36.8 Å². The van der Waals surface area contributed by atoms with E-state index >= 15 is 0 Å². The van der Waals surface area contributed by atoms with E-state index in [9.17, 15) is 0 Å². The van der Waals surface area contributed by atoms with E-state index in [0.29, 0.717) is 47.6 Å². The van der Waals surface area contributed by atoms with Crippen LogP contribution in [-0.2, 0) is 51.2 Å². The second-order valence-electron chi connectivity index (χ2n) is 17.7. The second-order valence-corrected chi connectivity index (χ2v) is 17.7. The maximum absolute atomic E-state index is 4.92. The Balaban J connectivity index is 0.000000441. The molecule has 4 N–H and O–H groups in total. The van der Waals surface area contributed by atoms with E-state index in [-0.39, 0.29) is 63.5 Å². The molecule has 2 aromatic rings. The van der Waals surface area contributed by atoms with Crippen LogP contribution >= 0.6 is 0 Å². The molecule has 0 spiro atoms. The third-order valence-electron chi connectivity index (χ3n) is 13.0. The number of rotatable bonds is 14. The van der Waals surface area contributed by atoms with Crippen molar-refractivity contribution >= 4 is 47.7 Å². The monoisotopic (exact) mass is 1080 g/mol. The number of piperidine rings is 3. The van der Waals surface area contributed by atoms with Crippen LogP contribution < -0.4 is 0 Å². The van der Waals surface area contributed by atoms with Gasteiger partial charge in [0.15, 0.2) is 0 Å². The molecule has 0 amide bonds. The minimum atomic E-state index is 0. The fraction of sp³-hybridized carbons (Fsp3) is 0.538. The van der Waals surface area contributed by atoms with E-state index < -0.39 is 0 Å². The maximum atomic E-state index is 4.92. The molecule has 0 unspecified atom stereocenters. The Bertz CT molecular complexity index is 1950. The van der Waals surface area contributed by atoms with Crippen molar-refractivity contribution in [2.24, 2.45) is 70.4 Å². The number of benzene rings is 2. The van der Waals surface area contributed by atoms with Crippen molar-refractivity contribution in [2.45, 2.75) is 103 Å². The van der Waals surface area contributed by atoms with Gasteiger partial charge in [-0.15, -0.1) is 56.0 Å². The summed E-state index contributed by atoms with van der Waals surface area (Å²) in [6.07, 6.45) is 32.8. The van der Waals surface area contributed by atoms with E-state index in [1.165, 1.54) is 64.2 Å². The fourth-order valence-electron chi connectivity index (χ4n) is 9.11. The third kappa shape index (κ3) is 21.4. The molecule has 6 aliphatic rings. The first-order chi connectivity index (χ1) is 31.8. The molecule has 4 aliphatic heterocycles. The Hall–Kier alpha value is -3.56. The summed E-state index contributed by atoms with van der Waals surface area (Å²) < 4.78 is 0. The molecule has 2 aliphatic carbocycles. The van der Waals surface area contributed by atoms with E-state index in [1.54, 1.807) is 12.4 Å². The molecule has 17 heteroatoms. The number of hydrogen-bond donors (Lipinski definition) is 0. The van der Waals surface area contributed by atoms with Crippen LogP contribution in [0.2, 0.25) is 0 Å². The Morgan fingerprint density at radius 2 is 0.841 bits per heavy atom. The van der Waals surface area contributed by atoms with Crippen LogP contribution in [0.15, 0.2) is 125 Å². The molecule has 5 fully saturated rings. The van der Waals surface area contributed by atoms with Gasteiger partial charge in [0, 0.05) is 41.6 Å². The molecule has 0 aromatic heterocycles. The van der Waals surface area contributed by atoms with Crippen molar-refractivity contribution in [3.05, 3.63) is 129 Å². The van der Waals surface area contributed by atoms with Gasteiger partial charge < -0.3 is 33.6 Å². The van der Waals surface area contributed by atoms with E-state index in [0.717, 1.165) is 106 Å². The third-order valence-corrected chi connectivity index (χ3v) is 13.0. The SMILES string of the molecule is C(=NN=C(C(=NN=CC1CC[N-]CC1)C1CCCCC1)C1CCCCC1)C1CC[N-]CC1.C1=CC(C=NN=C(C(=NN=CC2CC[N-]CC2)c2ccccc2)c2ccccc2)=CC[N-]1.[Cu+2].[Cu+2].[Cu+].[NH2-].[NH2-]. The summed E-state index contributed by atoms with van der Waals surface area (Å²) in [7, 11) is 0. The fourth-order valence-corrected chi connectivity index (χ4v) is 9.11.